The van der Waals surface area contributed by atoms with Crippen molar-refractivity contribution in [2.75, 3.05) is 35.8 Å². The van der Waals surface area contributed by atoms with Gasteiger partial charge in [0.1, 0.15) is 11.9 Å². The van der Waals surface area contributed by atoms with Crippen molar-refractivity contribution in [2.45, 2.75) is 17.9 Å². The summed E-state index contributed by atoms with van der Waals surface area (Å²) in [5.74, 6) is -0.399. The molecule has 4 aromatic rings. The lowest BCUT2D eigenvalue weighted by atomic mass is 10.2. The molecule has 1 amide bonds. The fraction of sp³-hybridized carbons (Fsp3) is 0.250. The van der Waals surface area contributed by atoms with Crippen molar-refractivity contribution in [2.24, 2.45) is 0 Å². The largest absolute Gasteiger partial charge is 0.368 e. The third kappa shape index (κ3) is 4.61. The Morgan fingerprint density at radius 2 is 1.86 bits per heavy atom. The van der Waals surface area contributed by atoms with Gasteiger partial charge in [-0.2, -0.15) is 0 Å². The van der Waals surface area contributed by atoms with Gasteiger partial charge in [-0.25, -0.2) is 17.8 Å². The number of anilines is 2. The molecule has 5 rings (SSSR count). The number of fused-ring (bicyclic) bond motifs is 1. The minimum absolute atomic E-state index is 0. The lowest BCUT2D eigenvalue weighted by Crippen LogP contribution is -2.50. The quantitative estimate of drug-likeness (QED) is 0.416. The molecule has 0 saturated carbocycles. The Balaban J connectivity index is 0.00000304. The van der Waals surface area contributed by atoms with Crippen molar-refractivity contribution in [3.05, 3.63) is 72.1 Å². The molecule has 0 aliphatic carbocycles. The molecule has 0 bridgehead atoms. The van der Waals surface area contributed by atoms with E-state index in [2.05, 4.69) is 14.6 Å². The van der Waals surface area contributed by atoms with Crippen molar-refractivity contribution in [1.29, 1.82) is 0 Å². The second-order valence-corrected chi connectivity index (χ2v) is 10.9. The second kappa shape index (κ2) is 9.31. The minimum atomic E-state index is -3.70. The minimum Gasteiger partial charge on any atom is -0.368 e. The number of piperazine rings is 1. The molecule has 0 unspecified atom stereocenters. The van der Waals surface area contributed by atoms with Crippen LogP contribution in [0.5, 0.6) is 0 Å². The molecule has 1 aliphatic rings. The number of benzene rings is 2. The lowest BCUT2D eigenvalue weighted by Gasteiger charge is -2.37. The van der Waals surface area contributed by atoms with Gasteiger partial charge >= 0.3 is 0 Å². The topological polar surface area (TPSA) is 87.5 Å². The molecule has 8 nitrogen and oxygen atoms in total. The third-order valence-electron chi connectivity index (χ3n) is 6.22. The van der Waals surface area contributed by atoms with Gasteiger partial charge in [0.05, 0.1) is 10.4 Å². The Morgan fingerprint density at radius 3 is 2.54 bits per heavy atom. The molecule has 1 aliphatic heterocycles. The van der Waals surface area contributed by atoms with Crippen molar-refractivity contribution >= 4 is 49.0 Å². The van der Waals surface area contributed by atoms with Crippen molar-refractivity contribution in [3.8, 4) is 0 Å². The van der Waals surface area contributed by atoms with E-state index in [0.29, 0.717) is 36.8 Å². The highest BCUT2D eigenvalue weighted by Crippen LogP contribution is 2.26. The smallest absolute Gasteiger partial charge is 0.263 e. The normalized spacial score (nSPS) is 15.4. The van der Waals surface area contributed by atoms with Gasteiger partial charge in [0, 0.05) is 56.5 Å². The van der Waals surface area contributed by atoms with E-state index in [9.17, 15) is 17.6 Å². The van der Waals surface area contributed by atoms with Crippen LogP contribution >= 0.6 is 11.3 Å². The molecule has 1 atom stereocenters. The molecule has 3 heterocycles. The maximum Gasteiger partial charge on any atom is 0.263 e. The number of hydrogen-bond acceptors (Lipinski definition) is 6. The van der Waals surface area contributed by atoms with E-state index in [-0.39, 0.29) is 18.0 Å². The lowest BCUT2D eigenvalue weighted by molar-refractivity contribution is -0.134. The van der Waals surface area contributed by atoms with Gasteiger partial charge in [-0.3, -0.25) is 9.52 Å². The highest BCUT2D eigenvalue weighted by atomic mass is 32.2. The van der Waals surface area contributed by atoms with Gasteiger partial charge in [-0.15, -0.1) is 11.3 Å². The SMILES string of the molecule is C[C@@H](C(=O)N1CCN(c2ccc(S(=O)(=O)Nc3nccs3)cc2)CC1)n1ccc2cccc(F)c21.[HH]. The molecule has 0 spiro atoms. The first-order valence-electron chi connectivity index (χ1n) is 11.1. The van der Waals surface area contributed by atoms with Crippen LogP contribution in [0.1, 0.15) is 14.4 Å². The molecule has 0 radical (unpaired) electrons. The summed E-state index contributed by atoms with van der Waals surface area (Å²) >= 11 is 1.21. The Hall–Kier alpha value is -3.44. The fourth-order valence-electron chi connectivity index (χ4n) is 4.35. The monoisotopic (exact) mass is 515 g/mol. The molecule has 1 saturated heterocycles. The number of sulfonamides is 1. The molecule has 11 heteroatoms. The van der Waals surface area contributed by atoms with Crippen LogP contribution in [0.4, 0.5) is 15.2 Å². The van der Waals surface area contributed by atoms with Crippen LogP contribution in [0.15, 0.2) is 71.2 Å². The van der Waals surface area contributed by atoms with Gasteiger partial charge in [-0.1, -0.05) is 12.1 Å². The molecule has 1 fully saturated rings. The Labute approximate surface area is 208 Å². The van der Waals surface area contributed by atoms with Crippen LogP contribution in [-0.2, 0) is 14.8 Å². The Morgan fingerprint density at radius 1 is 1.11 bits per heavy atom. The fourth-order valence-corrected chi connectivity index (χ4v) is 6.14. The van der Waals surface area contributed by atoms with E-state index >= 15 is 0 Å². The molecule has 184 valence electrons. The van der Waals surface area contributed by atoms with Crippen LogP contribution in [0.25, 0.3) is 10.9 Å². The van der Waals surface area contributed by atoms with Crippen molar-refractivity contribution in [3.63, 3.8) is 0 Å². The van der Waals surface area contributed by atoms with Gasteiger partial charge in [0.25, 0.3) is 10.0 Å². The van der Waals surface area contributed by atoms with Crippen molar-refractivity contribution < 1.29 is 19.0 Å². The van der Waals surface area contributed by atoms with Gasteiger partial charge in [0.2, 0.25) is 5.91 Å². The standard InChI is InChI=1S/C24H24FN5O3S2.H2/c1-17(30-11-9-18-3-2-4-21(25)22(18)30)23(31)29-14-12-28(13-15-29)19-5-7-20(8-6-19)35(32,33)27-24-26-10-16-34-24;/h2-11,16-17H,12-15H2,1H3,(H,26,27);1H/t17-;/m0./s1. The zero-order chi connectivity index (χ0) is 24.6. The maximum absolute atomic E-state index is 14.4. The summed E-state index contributed by atoms with van der Waals surface area (Å²) in [5.41, 5.74) is 1.32. The predicted molar refractivity (Wildman–Crippen MR) is 137 cm³/mol. The molecule has 35 heavy (non-hydrogen) atoms. The van der Waals surface area contributed by atoms with Gasteiger partial charge < -0.3 is 14.4 Å². The molecule has 2 aromatic carbocycles. The van der Waals surface area contributed by atoms with Crippen LogP contribution < -0.4 is 9.62 Å². The zero-order valence-corrected chi connectivity index (χ0v) is 20.6. The van der Waals surface area contributed by atoms with Crippen LogP contribution in [-0.4, -0.2) is 55.0 Å². The summed E-state index contributed by atoms with van der Waals surface area (Å²) in [4.78, 5) is 21.2. The third-order valence-corrected chi connectivity index (χ3v) is 8.40. The summed E-state index contributed by atoms with van der Waals surface area (Å²) < 4.78 is 43.6. The van der Waals surface area contributed by atoms with Crippen LogP contribution in [0, 0.1) is 5.82 Å². The summed E-state index contributed by atoms with van der Waals surface area (Å²) in [7, 11) is -3.70. The first kappa shape index (κ1) is 23.3. The number of nitrogens with zero attached hydrogens (tertiary/aromatic N) is 4. The highest BCUT2D eigenvalue weighted by molar-refractivity contribution is 7.93. The number of carbonyl (C=O) groups excluding carboxylic acids is 1. The van der Waals surface area contributed by atoms with Crippen LogP contribution in [0.3, 0.4) is 0 Å². The Bertz CT molecular complexity index is 1450. The Kier molecular flexibility index (Phi) is 6.20. The number of carbonyl (C=O) groups is 1. The van der Waals surface area contributed by atoms with E-state index in [4.69, 9.17) is 0 Å². The number of para-hydroxylation sites is 1. The highest BCUT2D eigenvalue weighted by Gasteiger charge is 2.27. The second-order valence-electron chi connectivity index (χ2n) is 8.33. The molecule has 2 aromatic heterocycles. The number of aromatic nitrogens is 2. The zero-order valence-electron chi connectivity index (χ0n) is 19.0. The average molecular weight is 516 g/mol. The van der Waals surface area contributed by atoms with E-state index in [1.807, 2.05) is 12.1 Å². The predicted octanol–water partition coefficient (Wildman–Crippen LogP) is 4.19. The summed E-state index contributed by atoms with van der Waals surface area (Å²) in [6.45, 7) is 4.07. The van der Waals surface area contributed by atoms with E-state index in [1.165, 1.54) is 23.6 Å². The van der Waals surface area contributed by atoms with E-state index < -0.39 is 16.1 Å². The average Bonchev–Trinajstić information content (AvgIpc) is 3.54. The van der Waals surface area contributed by atoms with Gasteiger partial charge in [0.15, 0.2) is 5.13 Å². The number of hydrogen-bond donors (Lipinski definition) is 1. The first-order chi connectivity index (χ1) is 16.8. The van der Waals surface area contributed by atoms with Crippen LogP contribution in [0.2, 0.25) is 0 Å². The van der Waals surface area contributed by atoms with Crippen molar-refractivity contribution in [1.82, 2.24) is 14.5 Å². The number of thiazole rings is 1. The number of halogens is 1. The molecular weight excluding hydrogens is 489 g/mol. The number of nitrogens with one attached hydrogen (secondary N) is 1. The van der Waals surface area contributed by atoms with E-state index in [1.54, 1.807) is 58.3 Å². The number of rotatable bonds is 6. The summed E-state index contributed by atoms with van der Waals surface area (Å²) in [5, 5.41) is 2.78. The molecule has 1 N–H and O–H groups in total. The first-order valence-corrected chi connectivity index (χ1v) is 13.5. The molecular formula is C24H26FN5O3S2. The summed E-state index contributed by atoms with van der Waals surface area (Å²) in [6, 6.07) is 12.9. The van der Waals surface area contributed by atoms with Gasteiger partial charge in [-0.05, 0) is 43.3 Å². The maximum atomic E-state index is 14.4. The summed E-state index contributed by atoms with van der Waals surface area (Å²) in [6.07, 6.45) is 3.29. The van der Waals surface area contributed by atoms with E-state index in [0.717, 1.165) is 11.1 Å². The number of amides is 1.